The second-order valence-electron chi connectivity index (χ2n) is 8.72. The number of amides is 1. The molecule has 5 nitrogen and oxygen atoms in total. The fraction of sp³-hybridized carbons (Fsp3) is 0.750. The third-order valence-electron chi connectivity index (χ3n) is 6.44. The normalized spacial score (nSPS) is 38.9. The zero-order valence-electron chi connectivity index (χ0n) is 15.4. The van der Waals surface area contributed by atoms with Gasteiger partial charge < -0.3 is 14.4 Å². The first-order valence-electron chi connectivity index (χ1n) is 9.74. The highest BCUT2D eigenvalue weighted by Gasteiger charge is 2.50. The SMILES string of the molecule is C[C@@H]1C[C@H](C)CN(C(=O)CN2[C@@H]3CC[C@@H]2CC(O)(c2ccco2)C3)C1. The highest BCUT2D eigenvalue weighted by atomic mass is 16.4. The van der Waals surface area contributed by atoms with Gasteiger partial charge in [-0.25, -0.2) is 0 Å². The Hall–Kier alpha value is -1.33. The molecule has 4 atom stereocenters. The first kappa shape index (κ1) is 17.1. The first-order chi connectivity index (χ1) is 11.9. The summed E-state index contributed by atoms with van der Waals surface area (Å²) >= 11 is 0. The summed E-state index contributed by atoms with van der Waals surface area (Å²) in [5.74, 6) is 2.12. The molecule has 0 spiro atoms. The van der Waals surface area contributed by atoms with Crippen molar-refractivity contribution in [2.24, 2.45) is 11.8 Å². The van der Waals surface area contributed by atoms with E-state index in [0.29, 0.717) is 37.0 Å². The van der Waals surface area contributed by atoms with Crippen molar-refractivity contribution in [1.82, 2.24) is 9.80 Å². The van der Waals surface area contributed by atoms with Crippen LogP contribution in [0.15, 0.2) is 22.8 Å². The van der Waals surface area contributed by atoms with E-state index in [2.05, 4.69) is 23.6 Å². The molecule has 4 heterocycles. The average Bonchev–Trinajstić information content (AvgIpc) is 3.16. The highest BCUT2D eigenvalue weighted by Crippen LogP contribution is 2.45. The molecule has 25 heavy (non-hydrogen) atoms. The zero-order valence-corrected chi connectivity index (χ0v) is 15.4. The van der Waals surface area contributed by atoms with Gasteiger partial charge in [-0.1, -0.05) is 13.8 Å². The summed E-state index contributed by atoms with van der Waals surface area (Å²) in [4.78, 5) is 17.3. The van der Waals surface area contributed by atoms with Gasteiger partial charge in [0, 0.05) is 25.2 Å². The van der Waals surface area contributed by atoms with E-state index in [0.717, 1.165) is 25.9 Å². The van der Waals surface area contributed by atoms with Crippen molar-refractivity contribution >= 4 is 5.91 Å². The maximum atomic E-state index is 12.9. The molecule has 1 N–H and O–H groups in total. The summed E-state index contributed by atoms with van der Waals surface area (Å²) in [5.41, 5.74) is -0.872. The van der Waals surface area contributed by atoms with Gasteiger partial charge in [0.15, 0.2) is 0 Å². The summed E-state index contributed by atoms with van der Waals surface area (Å²) in [6.07, 6.45) is 6.30. The molecular weight excluding hydrogens is 316 g/mol. The first-order valence-corrected chi connectivity index (χ1v) is 9.74. The minimum absolute atomic E-state index is 0.263. The standard InChI is InChI=1S/C20H30N2O3/c1-14-8-15(2)12-21(11-14)19(23)13-22-16-5-6-17(22)10-20(24,9-16)18-4-3-7-25-18/h3-4,7,14-17,24H,5-6,8-13H2,1-2H3/t14-,15+,16-,17-/m1/s1. The lowest BCUT2D eigenvalue weighted by molar-refractivity contribution is -0.139. The van der Waals surface area contributed by atoms with E-state index in [1.165, 1.54) is 6.42 Å². The molecular formula is C20H30N2O3. The number of hydrogen-bond acceptors (Lipinski definition) is 4. The molecule has 2 bridgehead atoms. The summed E-state index contributed by atoms with van der Waals surface area (Å²) in [6, 6.07) is 4.26. The molecule has 3 aliphatic rings. The topological polar surface area (TPSA) is 56.9 Å². The Morgan fingerprint density at radius 1 is 1.24 bits per heavy atom. The zero-order chi connectivity index (χ0) is 17.6. The molecule has 0 unspecified atom stereocenters. The van der Waals surface area contributed by atoms with Crippen molar-refractivity contribution in [3.05, 3.63) is 24.2 Å². The number of likely N-dealkylation sites (tertiary alicyclic amines) is 1. The Bertz CT molecular complexity index is 590. The third kappa shape index (κ3) is 3.24. The van der Waals surface area contributed by atoms with Gasteiger partial charge in [-0.2, -0.15) is 0 Å². The van der Waals surface area contributed by atoms with Gasteiger partial charge >= 0.3 is 0 Å². The number of fused-ring (bicyclic) bond motifs is 2. The predicted molar refractivity (Wildman–Crippen MR) is 94.9 cm³/mol. The predicted octanol–water partition coefficient (Wildman–Crippen LogP) is 2.60. The van der Waals surface area contributed by atoms with Crippen LogP contribution in [-0.2, 0) is 10.4 Å². The largest absolute Gasteiger partial charge is 0.466 e. The smallest absolute Gasteiger partial charge is 0.236 e. The number of nitrogens with zero attached hydrogens (tertiary/aromatic N) is 2. The minimum atomic E-state index is -0.872. The minimum Gasteiger partial charge on any atom is -0.466 e. The molecule has 0 aromatic carbocycles. The second-order valence-corrected chi connectivity index (χ2v) is 8.72. The fourth-order valence-corrected chi connectivity index (χ4v) is 5.44. The Balaban J connectivity index is 1.42. The molecule has 4 rings (SSSR count). The molecule has 0 saturated carbocycles. The Labute approximate surface area is 150 Å². The molecule has 3 fully saturated rings. The fourth-order valence-electron chi connectivity index (χ4n) is 5.44. The van der Waals surface area contributed by atoms with E-state index >= 15 is 0 Å². The van der Waals surface area contributed by atoms with Gasteiger partial charge in [-0.3, -0.25) is 9.69 Å². The number of furan rings is 1. The van der Waals surface area contributed by atoms with Gasteiger partial charge in [0.25, 0.3) is 0 Å². The molecule has 3 saturated heterocycles. The molecule has 0 radical (unpaired) electrons. The number of aliphatic hydroxyl groups is 1. The van der Waals surface area contributed by atoms with Gasteiger partial charge in [0.1, 0.15) is 11.4 Å². The van der Waals surface area contributed by atoms with Crippen molar-refractivity contribution in [2.75, 3.05) is 19.6 Å². The van der Waals surface area contributed by atoms with Crippen molar-refractivity contribution in [3.63, 3.8) is 0 Å². The second kappa shape index (κ2) is 6.44. The van der Waals surface area contributed by atoms with E-state index in [1.54, 1.807) is 6.26 Å². The van der Waals surface area contributed by atoms with Gasteiger partial charge in [0.2, 0.25) is 5.91 Å². The van der Waals surface area contributed by atoms with E-state index < -0.39 is 5.60 Å². The number of hydrogen-bond donors (Lipinski definition) is 1. The summed E-state index contributed by atoms with van der Waals surface area (Å²) in [6.45, 7) is 6.77. The van der Waals surface area contributed by atoms with Gasteiger partial charge in [-0.15, -0.1) is 0 Å². The molecule has 138 valence electrons. The summed E-state index contributed by atoms with van der Waals surface area (Å²) in [5, 5.41) is 11.1. The molecule has 3 aliphatic heterocycles. The van der Waals surface area contributed by atoms with Crippen LogP contribution < -0.4 is 0 Å². The van der Waals surface area contributed by atoms with Crippen LogP contribution in [0.2, 0.25) is 0 Å². The van der Waals surface area contributed by atoms with Crippen LogP contribution in [0.4, 0.5) is 0 Å². The molecule has 1 aromatic rings. The lowest BCUT2D eigenvalue weighted by atomic mass is 9.84. The molecule has 1 amide bonds. The molecule has 5 heteroatoms. The van der Waals surface area contributed by atoms with Crippen LogP contribution in [0, 0.1) is 11.8 Å². The van der Waals surface area contributed by atoms with Crippen LogP contribution in [-0.4, -0.2) is 52.5 Å². The Morgan fingerprint density at radius 3 is 2.44 bits per heavy atom. The quantitative estimate of drug-likeness (QED) is 0.914. The number of carbonyl (C=O) groups excluding carboxylic acids is 1. The maximum Gasteiger partial charge on any atom is 0.236 e. The van der Waals surface area contributed by atoms with Crippen molar-refractivity contribution < 1.29 is 14.3 Å². The van der Waals surface area contributed by atoms with Crippen LogP contribution in [0.1, 0.15) is 51.7 Å². The van der Waals surface area contributed by atoms with Crippen LogP contribution in [0.5, 0.6) is 0 Å². The van der Waals surface area contributed by atoms with Crippen LogP contribution in [0.25, 0.3) is 0 Å². The maximum absolute atomic E-state index is 12.9. The lowest BCUT2D eigenvalue weighted by Gasteiger charge is -2.43. The Morgan fingerprint density at radius 2 is 1.88 bits per heavy atom. The summed E-state index contributed by atoms with van der Waals surface area (Å²) in [7, 11) is 0. The third-order valence-corrected chi connectivity index (χ3v) is 6.44. The van der Waals surface area contributed by atoms with Crippen molar-refractivity contribution in [3.8, 4) is 0 Å². The van der Waals surface area contributed by atoms with E-state index in [9.17, 15) is 9.90 Å². The van der Waals surface area contributed by atoms with Crippen molar-refractivity contribution in [1.29, 1.82) is 0 Å². The molecule has 0 aliphatic carbocycles. The van der Waals surface area contributed by atoms with E-state index in [4.69, 9.17) is 4.42 Å². The van der Waals surface area contributed by atoms with Crippen LogP contribution >= 0.6 is 0 Å². The number of piperidine rings is 2. The molecule has 1 aromatic heterocycles. The average molecular weight is 346 g/mol. The van der Waals surface area contributed by atoms with E-state index in [1.807, 2.05) is 12.1 Å². The van der Waals surface area contributed by atoms with Gasteiger partial charge in [0.05, 0.1) is 12.8 Å². The Kier molecular flexibility index (Phi) is 4.40. The number of carbonyl (C=O) groups is 1. The highest BCUT2D eigenvalue weighted by molar-refractivity contribution is 5.78. The lowest BCUT2D eigenvalue weighted by Crippen LogP contribution is -2.54. The number of rotatable bonds is 3. The van der Waals surface area contributed by atoms with Gasteiger partial charge in [-0.05, 0) is 56.1 Å². The van der Waals surface area contributed by atoms with E-state index in [-0.39, 0.29) is 18.0 Å². The van der Waals surface area contributed by atoms with Crippen molar-refractivity contribution in [2.45, 2.75) is 63.6 Å². The monoisotopic (exact) mass is 346 g/mol. The summed E-state index contributed by atoms with van der Waals surface area (Å²) < 4.78 is 5.49. The van der Waals surface area contributed by atoms with Crippen LogP contribution in [0.3, 0.4) is 0 Å².